The van der Waals surface area contributed by atoms with Gasteiger partial charge in [0.05, 0.1) is 24.3 Å². The van der Waals surface area contributed by atoms with Crippen LogP contribution in [0.5, 0.6) is 11.5 Å². The molecule has 1 unspecified atom stereocenters. The smallest absolute Gasteiger partial charge is 0.295 e. The zero-order valence-corrected chi connectivity index (χ0v) is 20.3. The van der Waals surface area contributed by atoms with Crippen molar-refractivity contribution in [1.82, 2.24) is 4.90 Å². The molecule has 1 saturated heterocycles. The Balaban J connectivity index is 1.81. The Morgan fingerprint density at radius 1 is 1.09 bits per heavy atom. The van der Waals surface area contributed by atoms with E-state index in [9.17, 15) is 14.7 Å². The number of hydrogen-bond donors (Lipinski definition) is 1. The predicted octanol–water partition coefficient (Wildman–Crippen LogP) is 5.55. The van der Waals surface area contributed by atoms with Crippen molar-refractivity contribution in [3.05, 3.63) is 64.7 Å². The number of nitrogens with zero attached hydrogens (tertiary/aromatic N) is 1. The van der Waals surface area contributed by atoms with Crippen molar-refractivity contribution in [3.8, 4) is 11.5 Å². The summed E-state index contributed by atoms with van der Waals surface area (Å²) in [6.45, 7) is 8.26. The number of carbonyl (C=O) groups is 2. The zero-order valence-electron chi connectivity index (χ0n) is 20.3. The third kappa shape index (κ3) is 4.54. The summed E-state index contributed by atoms with van der Waals surface area (Å²) in [5, 5.41) is 11.3. The van der Waals surface area contributed by atoms with E-state index in [-0.39, 0.29) is 23.5 Å². The Labute approximate surface area is 201 Å². The zero-order chi connectivity index (χ0) is 24.4. The standard InChI is InChI=1S/C28H33NO5/c1-5-33-23-15-12-20(16-18(23)4)26(30)24-25(19-10-13-22(14-11-19)34-17(2)3)29(28(32)27(24)31)21-8-6-7-9-21/h10-17,21,25,30H,5-9H2,1-4H3/b26-24-. The number of ether oxygens (including phenoxy) is 2. The Kier molecular flexibility index (Phi) is 6.96. The van der Waals surface area contributed by atoms with Gasteiger partial charge in [0.2, 0.25) is 0 Å². The van der Waals surface area contributed by atoms with E-state index in [1.165, 1.54) is 0 Å². The molecule has 6 heteroatoms. The van der Waals surface area contributed by atoms with Gasteiger partial charge in [-0.3, -0.25) is 9.59 Å². The highest BCUT2D eigenvalue weighted by Gasteiger charge is 2.49. The van der Waals surface area contributed by atoms with Crippen molar-refractivity contribution in [1.29, 1.82) is 0 Å². The maximum absolute atomic E-state index is 13.3. The fourth-order valence-corrected chi connectivity index (χ4v) is 5.01. The summed E-state index contributed by atoms with van der Waals surface area (Å²) in [6, 6.07) is 12.1. The Bertz CT molecular complexity index is 1100. The first kappa shape index (κ1) is 23.9. The van der Waals surface area contributed by atoms with E-state index in [1.54, 1.807) is 23.1 Å². The molecule has 34 heavy (non-hydrogen) atoms. The lowest BCUT2D eigenvalue weighted by atomic mass is 9.94. The van der Waals surface area contributed by atoms with Crippen molar-refractivity contribution >= 4 is 17.4 Å². The molecule has 6 nitrogen and oxygen atoms in total. The minimum atomic E-state index is -0.636. The SMILES string of the molecule is CCOc1ccc(/C(O)=C2/C(=O)C(=O)N(C3CCCC3)C2c2ccc(OC(C)C)cc2)cc1C. The second-order valence-corrected chi connectivity index (χ2v) is 9.29. The molecule has 1 aliphatic heterocycles. The van der Waals surface area contributed by atoms with Gasteiger partial charge in [0.1, 0.15) is 17.3 Å². The van der Waals surface area contributed by atoms with Crippen LogP contribution in [0.25, 0.3) is 5.76 Å². The van der Waals surface area contributed by atoms with Gasteiger partial charge in [0.25, 0.3) is 11.7 Å². The van der Waals surface area contributed by atoms with Crippen LogP contribution in [-0.2, 0) is 9.59 Å². The topological polar surface area (TPSA) is 76.1 Å². The molecule has 0 spiro atoms. The summed E-state index contributed by atoms with van der Waals surface area (Å²) in [7, 11) is 0. The van der Waals surface area contributed by atoms with Gasteiger partial charge in [-0.25, -0.2) is 0 Å². The van der Waals surface area contributed by atoms with Gasteiger partial charge in [-0.1, -0.05) is 25.0 Å². The second-order valence-electron chi connectivity index (χ2n) is 9.29. The van der Waals surface area contributed by atoms with E-state index in [1.807, 2.05) is 52.0 Å². The maximum atomic E-state index is 13.3. The fourth-order valence-electron chi connectivity index (χ4n) is 5.01. The maximum Gasteiger partial charge on any atom is 0.295 e. The van der Waals surface area contributed by atoms with Crippen LogP contribution in [0.15, 0.2) is 48.0 Å². The lowest BCUT2D eigenvalue weighted by molar-refractivity contribution is -0.141. The molecule has 2 aromatic carbocycles. The van der Waals surface area contributed by atoms with Gasteiger partial charge >= 0.3 is 0 Å². The lowest BCUT2D eigenvalue weighted by Gasteiger charge is -2.31. The molecule has 180 valence electrons. The molecule has 2 aromatic rings. The number of aryl methyl sites for hydroxylation is 1. The minimum absolute atomic E-state index is 0.0135. The number of carbonyl (C=O) groups excluding carboxylic acids is 2. The highest BCUT2D eigenvalue weighted by Crippen LogP contribution is 2.44. The van der Waals surface area contributed by atoms with Crippen LogP contribution < -0.4 is 9.47 Å². The Morgan fingerprint density at radius 3 is 2.35 bits per heavy atom. The van der Waals surface area contributed by atoms with Crippen molar-refractivity contribution < 1.29 is 24.2 Å². The number of likely N-dealkylation sites (tertiary alicyclic amines) is 1. The molecule has 1 heterocycles. The lowest BCUT2D eigenvalue weighted by Crippen LogP contribution is -2.37. The van der Waals surface area contributed by atoms with E-state index in [2.05, 4.69) is 0 Å². The number of aliphatic hydroxyl groups excluding tert-OH is 1. The summed E-state index contributed by atoms with van der Waals surface area (Å²) >= 11 is 0. The number of amides is 1. The molecular formula is C28H33NO5. The Hall–Kier alpha value is -3.28. The predicted molar refractivity (Wildman–Crippen MR) is 131 cm³/mol. The molecule has 1 amide bonds. The number of rotatable bonds is 7. The van der Waals surface area contributed by atoms with E-state index < -0.39 is 17.7 Å². The molecule has 0 radical (unpaired) electrons. The molecule has 0 bridgehead atoms. The molecule has 1 aliphatic carbocycles. The molecule has 2 fully saturated rings. The molecule has 0 aromatic heterocycles. The highest BCUT2D eigenvalue weighted by molar-refractivity contribution is 6.46. The normalized spacial score (nSPS) is 20.4. The van der Waals surface area contributed by atoms with Crippen LogP contribution in [0.3, 0.4) is 0 Å². The first-order valence-electron chi connectivity index (χ1n) is 12.1. The van der Waals surface area contributed by atoms with E-state index >= 15 is 0 Å². The van der Waals surface area contributed by atoms with Crippen molar-refractivity contribution in [2.45, 2.75) is 71.6 Å². The number of ketones is 1. The van der Waals surface area contributed by atoms with Crippen molar-refractivity contribution in [3.63, 3.8) is 0 Å². The van der Waals surface area contributed by atoms with Gasteiger partial charge in [-0.05, 0) is 82.0 Å². The second kappa shape index (κ2) is 9.92. The molecule has 1 atom stereocenters. The van der Waals surface area contributed by atoms with Gasteiger partial charge in [-0.2, -0.15) is 0 Å². The van der Waals surface area contributed by atoms with Crippen LogP contribution in [0.4, 0.5) is 0 Å². The van der Waals surface area contributed by atoms with Gasteiger partial charge in [0.15, 0.2) is 0 Å². The summed E-state index contributed by atoms with van der Waals surface area (Å²) in [5.41, 5.74) is 2.27. The minimum Gasteiger partial charge on any atom is -0.507 e. The molecule has 2 aliphatic rings. The summed E-state index contributed by atoms with van der Waals surface area (Å²) in [5.74, 6) is 0.117. The molecular weight excluding hydrogens is 430 g/mol. The number of hydrogen-bond acceptors (Lipinski definition) is 5. The van der Waals surface area contributed by atoms with Crippen LogP contribution >= 0.6 is 0 Å². The summed E-state index contributed by atoms with van der Waals surface area (Å²) in [4.78, 5) is 28.2. The molecule has 4 rings (SSSR count). The average molecular weight is 464 g/mol. The van der Waals surface area contributed by atoms with E-state index in [0.717, 1.165) is 48.3 Å². The van der Waals surface area contributed by atoms with Crippen LogP contribution in [0.2, 0.25) is 0 Å². The fraction of sp³-hybridized carbons (Fsp3) is 0.429. The average Bonchev–Trinajstić information content (AvgIpc) is 3.42. The number of benzene rings is 2. The number of Topliss-reactive ketones (excluding diaryl/α,β-unsaturated/α-hetero) is 1. The first-order chi connectivity index (χ1) is 16.3. The third-order valence-electron chi connectivity index (χ3n) is 6.51. The largest absolute Gasteiger partial charge is 0.507 e. The number of aliphatic hydroxyl groups is 1. The van der Waals surface area contributed by atoms with Gasteiger partial charge < -0.3 is 19.5 Å². The highest BCUT2D eigenvalue weighted by atomic mass is 16.5. The molecule has 1 N–H and O–H groups in total. The molecule has 1 saturated carbocycles. The summed E-state index contributed by atoms with van der Waals surface area (Å²) in [6.07, 6.45) is 3.82. The quantitative estimate of drug-likeness (QED) is 0.331. The van der Waals surface area contributed by atoms with Crippen molar-refractivity contribution in [2.75, 3.05) is 6.61 Å². The van der Waals surface area contributed by atoms with Crippen LogP contribution in [-0.4, -0.2) is 40.4 Å². The van der Waals surface area contributed by atoms with E-state index in [4.69, 9.17) is 9.47 Å². The van der Waals surface area contributed by atoms with Crippen LogP contribution in [0, 0.1) is 6.92 Å². The van der Waals surface area contributed by atoms with Gasteiger partial charge in [0, 0.05) is 11.6 Å². The van der Waals surface area contributed by atoms with E-state index in [0.29, 0.717) is 12.2 Å². The first-order valence-corrected chi connectivity index (χ1v) is 12.1. The van der Waals surface area contributed by atoms with Crippen molar-refractivity contribution in [2.24, 2.45) is 0 Å². The van der Waals surface area contributed by atoms with Gasteiger partial charge in [-0.15, -0.1) is 0 Å². The third-order valence-corrected chi connectivity index (χ3v) is 6.51. The Morgan fingerprint density at radius 2 is 1.76 bits per heavy atom. The monoisotopic (exact) mass is 463 g/mol. The van der Waals surface area contributed by atoms with Crippen LogP contribution in [0.1, 0.15) is 69.2 Å². The summed E-state index contributed by atoms with van der Waals surface area (Å²) < 4.78 is 11.4.